The van der Waals surface area contributed by atoms with E-state index in [2.05, 4.69) is 5.32 Å². The molecule has 2 aromatic rings. The van der Waals surface area contributed by atoms with Crippen LogP contribution >= 0.6 is 12.4 Å². The molecule has 1 atom stereocenters. The molecule has 1 heterocycles. The first-order valence-electron chi connectivity index (χ1n) is 7.33. The Labute approximate surface area is 148 Å². The van der Waals surface area contributed by atoms with Crippen molar-refractivity contribution in [1.82, 2.24) is 10.2 Å². The van der Waals surface area contributed by atoms with Gasteiger partial charge >= 0.3 is 0 Å². The van der Waals surface area contributed by atoms with Crippen molar-refractivity contribution >= 4 is 18.3 Å². The maximum absolute atomic E-state index is 11.9. The number of methoxy groups -OCH3 is 1. The predicted octanol–water partition coefficient (Wildman–Crippen LogP) is 2.51. The molecule has 0 saturated heterocycles. The molecule has 7 heteroatoms. The number of benzene rings is 1. The number of furan rings is 1. The zero-order valence-electron chi connectivity index (χ0n) is 14.0. The number of hydrogen-bond donors (Lipinski definition) is 1. The monoisotopic (exact) mass is 354 g/mol. The molecule has 1 unspecified atom stereocenters. The summed E-state index contributed by atoms with van der Waals surface area (Å²) in [6.45, 7) is 0.413. The van der Waals surface area contributed by atoms with Crippen LogP contribution in [0.3, 0.4) is 0 Å². The number of hydrogen-bond acceptors (Lipinski definition) is 5. The van der Waals surface area contributed by atoms with E-state index in [1.165, 1.54) is 0 Å². The number of halogens is 1. The lowest BCUT2D eigenvalue weighted by atomic mass is 10.2. The molecule has 1 N–H and O–H groups in total. The summed E-state index contributed by atoms with van der Waals surface area (Å²) in [6, 6.07) is 10.8. The zero-order chi connectivity index (χ0) is 16.7. The Kier molecular flexibility index (Phi) is 8.15. The third-order valence-corrected chi connectivity index (χ3v) is 3.42. The van der Waals surface area contributed by atoms with Crippen LogP contribution in [0.5, 0.6) is 11.5 Å². The number of carbonyl (C=O) groups is 1. The molecule has 132 valence electrons. The van der Waals surface area contributed by atoms with Crippen molar-refractivity contribution in [3.05, 3.63) is 48.4 Å². The number of nitrogens with one attached hydrogen (secondary N) is 1. The first-order chi connectivity index (χ1) is 11.1. The smallest absolute Gasteiger partial charge is 0.258 e. The van der Waals surface area contributed by atoms with Crippen LogP contribution in [0, 0.1) is 0 Å². The fourth-order valence-electron chi connectivity index (χ4n) is 2.10. The van der Waals surface area contributed by atoms with Crippen molar-refractivity contribution in [3.63, 3.8) is 0 Å². The summed E-state index contributed by atoms with van der Waals surface area (Å²) >= 11 is 0. The lowest BCUT2D eigenvalue weighted by molar-refractivity contribution is -0.123. The van der Waals surface area contributed by atoms with Crippen molar-refractivity contribution in [3.8, 4) is 11.5 Å². The Bertz CT molecular complexity index is 600. The van der Waals surface area contributed by atoms with Gasteiger partial charge in [-0.25, -0.2) is 0 Å². The van der Waals surface area contributed by atoms with Gasteiger partial charge in [0.15, 0.2) is 6.61 Å². The molecule has 0 spiro atoms. The zero-order valence-corrected chi connectivity index (χ0v) is 14.8. The summed E-state index contributed by atoms with van der Waals surface area (Å²) in [5, 5.41) is 2.85. The number of ether oxygens (including phenoxy) is 2. The molecule has 6 nitrogen and oxygen atoms in total. The van der Waals surface area contributed by atoms with Gasteiger partial charge in [0.2, 0.25) is 0 Å². The molecule has 0 saturated carbocycles. The fourth-order valence-corrected chi connectivity index (χ4v) is 2.10. The van der Waals surface area contributed by atoms with Crippen molar-refractivity contribution in [2.45, 2.75) is 6.04 Å². The summed E-state index contributed by atoms with van der Waals surface area (Å²) in [7, 11) is 5.48. The van der Waals surface area contributed by atoms with E-state index in [0.29, 0.717) is 12.3 Å². The van der Waals surface area contributed by atoms with Crippen molar-refractivity contribution in [2.75, 3.05) is 34.4 Å². The second-order valence-corrected chi connectivity index (χ2v) is 5.26. The number of rotatable bonds is 8. The topological polar surface area (TPSA) is 63.9 Å². The second-order valence-electron chi connectivity index (χ2n) is 5.26. The van der Waals surface area contributed by atoms with Gasteiger partial charge in [-0.05, 0) is 50.5 Å². The van der Waals surface area contributed by atoms with E-state index in [9.17, 15) is 4.79 Å². The number of nitrogens with zero attached hydrogens (tertiary/aromatic N) is 1. The Balaban J connectivity index is 0.00000288. The maximum Gasteiger partial charge on any atom is 0.258 e. The normalized spacial score (nSPS) is 11.5. The second kappa shape index (κ2) is 9.85. The quantitative estimate of drug-likeness (QED) is 0.789. The van der Waals surface area contributed by atoms with Crippen molar-refractivity contribution < 1.29 is 18.7 Å². The van der Waals surface area contributed by atoms with E-state index in [1.807, 2.05) is 31.1 Å². The van der Waals surface area contributed by atoms with Gasteiger partial charge in [-0.2, -0.15) is 0 Å². The first-order valence-corrected chi connectivity index (χ1v) is 7.33. The first kappa shape index (κ1) is 19.9. The summed E-state index contributed by atoms with van der Waals surface area (Å²) in [5.74, 6) is 2.00. The summed E-state index contributed by atoms with van der Waals surface area (Å²) in [6.07, 6.45) is 1.63. The van der Waals surface area contributed by atoms with Crippen LogP contribution < -0.4 is 14.8 Å². The molecule has 0 aliphatic rings. The van der Waals surface area contributed by atoms with Crippen LogP contribution in [0.15, 0.2) is 47.1 Å². The van der Waals surface area contributed by atoms with Gasteiger partial charge < -0.3 is 19.2 Å². The van der Waals surface area contributed by atoms with E-state index < -0.39 is 0 Å². The van der Waals surface area contributed by atoms with Crippen molar-refractivity contribution in [1.29, 1.82) is 0 Å². The van der Waals surface area contributed by atoms with Gasteiger partial charge in [0.1, 0.15) is 17.3 Å². The predicted molar refractivity (Wildman–Crippen MR) is 93.9 cm³/mol. The van der Waals surface area contributed by atoms with Gasteiger partial charge in [-0.3, -0.25) is 9.69 Å². The molecule has 0 aliphatic heterocycles. The van der Waals surface area contributed by atoms with E-state index in [4.69, 9.17) is 13.9 Å². The van der Waals surface area contributed by atoms with Crippen LogP contribution in [-0.2, 0) is 4.79 Å². The fraction of sp³-hybridized carbons (Fsp3) is 0.353. The molecule has 1 aromatic carbocycles. The van der Waals surface area contributed by atoms with Crippen LogP contribution in [0.2, 0.25) is 0 Å². The van der Waals surface area contributed by atoms with Gasteiger partial charge in [0.05, 0.1) is 19.4 Å². The highest BCUT2D eigenvalue weighted by Crippen LogP contribution is 2.18. The highest BCUT2D eigenvalue weighted by Gasteiger charge is 2.17. The average Bonchev–Trinajstić information content (AvgIpc) is 3.07. The molecule has 24 heavy (non-hydrogen) atoms. The van der Waals surface area contributed by atoms with Gasteiger partial charge in [0.25, 0.3) is 5.91 Å². The van der Waals surface area contributed by atoms with Gasteiger partial charge in [-0.1, -0.05) is 0 Å². The molecule has 0 bridgehead atoms. The summed E-state index contributed by atoms with van der Waals surface area (Å²) < 4.78 is 15.9. The highest BCUT2D eigenvalue weighted by molar-refractivity contribution is 5.85. The Hall–Kier alpha value is -2.18. The third kappa shape index (κ3) is 5.79. The number of carbonyl (C=O) groups excluding carboxylic acids is 1. The molecule has 1 amide bonds. The molecule has 0 radical (unpaired) electrons. The minimum Gasteiger partial charge on any atom is -0.497 e. The van der Waals surface area contributed by atoms with E-state index >= 15 is 0 Å². The molecular weight excluding hydrogens is 332 g/mol. The van der Waals surface area contributed by atoms with E-state index in [-0.39, 0.29) is 31.0 Å². The van der Waals surface area contributed by atoms with Crippen molar-refractivity contribution in [2.24, 2.45) is 0 Å². The van der Waals surface area contributed by atoms with Crippen LogP contribution in [0.25, 0.3) is 0 Å². The lowest BCUT2D eigenvalue weighted by Crippen LogP contribution is -2.36. The number of amides is 1. The van der Waals surface area contributed by atoms with Crippen LogP contribution in [-0.4, -0.2) is 45.2 Å². The minimum absolute atomic E-state index is 0. The summed E-state index contributed by atoms with van der Waals surface area (Å²) in [5.41, 5.74) is 0. The van der Waals surface area contributed by atoms with Gasteiger partial charge in [-0.15, -0.1) is 12.4 Å². The molecule has 0 aliphatic carbocycles. The largest absolute Gasteiger partial charge is 0.497 e. The van der Waals surface area contributed by atoms with E-state index in [0.717, 1.165) is 11.5 Å². The Morgan fingerprint density at radius 3 is 2.42 bits per heavy atom. The van der Waals surface area contributed by atoms with Gasteiger partial charge in [0, 0.05) is 6.54 Å². The van der Waals surface area contributed by atoms with E-state index in [1.54, 1.807) is 37.6 Å². The highest BCUT2D eigenvalue weighted by atomic mass is 35.5. The molecule has 1 aromatic heterocycles. The number of likely N-dealkylation sites (N-methyl/N-ethyl adjacent to an activating group) is 1. The SMILES string of the molecule is COc1ccc(OCC(=O)NCC(c2ccco2)N(C)C)cc1.Cl. The molecule has 0 fully saturated rings. The minimum atomic E-state index is -0.181. The Morgan fingerprint density at radius 2 is 1.88 bits per heavy atom. The standard InChI is InChI=1S/C17H22N2O4.ClH/c1-19(2)15(16-5-4-10-22-16)11-18-17(20)12-23-14-8-6-13(21-3)7-9-14;/h4-10,15H,11-12H2,1-3H3,(H,18,20);1H. The third-order valence-electron chi connectivity index (χ3n) is 3.42. The Morgan fingerprint density at radius 1 is 1.21 bits per heavy atom. The average molecular weight is 355 g/mol. The molecule has 2 rings (SSSR count). The maximum atomic E-state index is 11.9. The van der Waals surface area contributed by atoms with Crippen LogP contribution in [0.4, 0.5) is 0 Å². The molecular formula is C17H23ClN2O4. The summed E-state index contributed by atoms with van der Waals surface area (Å²) in [4.78, 5) is 13.9. The van der Waals surface area contributed by atoms with Crippen LogP contribution in [0.1, 0.15) is 11.8 Å². The lowest BCUT2D eigenvalue weighted by Gasteiger charge is -2.22.